The molecule has 2 heterocycles. The smallest absolute Gasteiger partial charge is 0.278 e. The summed E-state index contributed by atoms with van der Waals surface area (Å²) < 4.78 is 6.45. The SMILES string of the molecule is COc1ccc(N=Nc2c(C)nn(C(=O)c3ccncc3)c2C)cc1. The lowest BCUT2D eigenvalue weighted by molar-refractivity contribution is 0.0942. The van der Waals surface area contributed by atoms with Gasteiger partial charge in [0, 0.05) is 18.0 Å². The molecule has 0 radical (unpaired) electrons. The van der Waals surface area contributed by atoms with Gasteiger partial charge in [0.1, 0.15) is 11.4 Å². The Hall–Kier alpha value is -3.35. The molecule has 0 aliphatic rings. The van der Waals surface area contributed by atoms with Crippen molar-refractivity contribution in [2.24, 2.45) is 10.2 Å². The van der Waals surface area contributed by atoms with Crippen molar-refractivity contribution in [1.29, 1.82) is 0 Å². The Morgan fingerprint density at radius 3 is 2.36 bits per heavy atom. The van der Waals surface area contributed by atoms with E-state index < -0.39 is 0 Å². The highest BCUT2D eigenvalue weighted by Gasteiger charge is 2.17. The number of methoxy groups -OCH3 is 1. The van der Waals surface area contributed by atoms with E-state index in [1.54, 1.807) is 57.6 Å². The van der Waals surface area contributed by atoms with Crippen molar-refractivity contribution < 1.29 is 9.53 Å². The molecule has 0 unspecified atom stereocenters. The fraction of sp³-hybridized carbons (Fsp3) is 0.167. The molecule has 25 heavy (non-hydrogen) atoms. The Balaban J connectivity index is 1.89. The van der Waals surface area contributed by atoms with Crippen molar-refractivity contribution >= 4 is 17.3 Å². The van der Waals surface area contributed by atoms with Crippen molar-refractivity contribution in [2.45, 2.75) is 13.8 Å². The molecule has 0 bridgehead atoms. The number of hydrogen-bond donors (Lipinski definition) is 0. The van der Waals surface area contributed by atoms with E-state index in [-0.39, 0.29) is 5.91 Å². The maximum atomic E-state index is 12.6. The second kappa shape index (κ2) is 7.04. The van der Waals surface area contributed by atoms with Crippen LogP contribution in [0.2, 0.25) is 0 Å². The van der Waals surface area contributed by atoms with Crippen molar-refractivity contribution in [3.63, 3.8) is 0 Å². The Morgan fingerprint density at radius 1 is 1.04 bits per heavy atom. The number of aromatic nitrogens is 3. The summed E-state index contributed by atoms with van der Waals surface area (Å²) in [7, 11) is 1.61. The zero-order chi connectivity index (χ0) is 17.8. The normalized spacial score (nSPS) is 11.0. The van der Waals surface area contributed by atoms with Crippen molar-refractivity contribution in [3.8, 4) is 5.75 Å². The summed E-state index contributed by atoms with van der Waals surface area (Å²) in [6, 6.07) is 10.5. The molecular weight excluding hydrogens is 318 g/mol. The van der Waals surface area contributed by atoms with E-state index in [0.717, 1.165) is 5.75 Å². The number of benzene rings is 1. The van der Waals surface area contributed by atoms with Gasteiger partial charge in [0.25, 0.3) is 5.91 Å². The molecule has 0 atom stereocenters. The number of ether oxygens (including phenoxy) is 1. The highest BCUT2D eigenvalue weighted by atomic mass is 16.5. The lowest BCUT2D eigenvalue weighted by Gasteiger charge is -2.02. The number of aryl methyl sites for hydroxylation is 1. The minimum atomic E-state index is -0.228. The third-order valence-corrected chi connectivity index (χ3v) is 3.71. The standard InChI is InChI=1S/C18H17N5O2/c1-12-17(21-20-15-4-6-16(25-3)7-5-15)13(2)23(22-12)18(24)14-8-10-19-11-9-14/h4-11H,1-3H3. The van der Waals surface area contributed by atoms with Gasteiger partial charge in [0.2, 0.25) is 0 Å². The second-order valence-corrected chi connectivity index (χ2v) is 5.37. The average molecular weight is 335 g/mol. The van der Waals surface area contributed by atoms with Crippen LogP contribution in [0.4, 0.5) is 11.4 Å². The molecule has 0 N–H and O–H groups in total. The molecular formula is C18H17N5O2. The predicted molar refractivity (Wildman–Crippen MR) is 92.8 cm³/mol. The summed E-state index contributed by atoms with van der Waals surface area (Å²) >= 11 is 0. The van der Waals surface area contributed by atoms with Gasteiger partial charge in [-0.15, -0.1) is 5.11 Å². The van der Waals surface area contributed by atoms with E-state index in [4.69, 9.17) is 4.74 Å². The number of rotatable bonds is 4. The fourth-order valence-electron chi connectivity index (χ4n) is 2.35. The van der Waals surface area contributed by atoms with Crippen LogP contribution in [0.15, 0.2) is 59.0 Å². The van der Waals surface area contributed by atoms with E-state index >= 15 is 0 Å². The van der Waals surface area contributed by atoms with Crippen LogP contribution < -0.4 is 4.74 Å². The first-order valence-corrected chi connectivity index (χ1v) is 7.67. The Kier molecular flexibility index (Phi) is 4.65. The summed E-state index contributed by atoms with van der Waals surface area (Å²) in [5.41, 5.74) is 3.05. The molecule has 0 fully saturated rings. The van der Waals surface area contributed by atoms with E-state index in [1.807, 2.05) is 12.1 Å². The van der Waals surface area contributed by atoms with Crippen molar-refractivity contribution in [1.82, 2.24) is 14.8 Å². The molecule has 0 amide bonds. The lowest BCUT2D eigenvalue weighted by Crippen LogP contribution is -2.15. The zero-order valence-electron chi connectivity index (χ0n) is 14.2. The van der Waals surface area contributed by atoms with Crippen molar-refractivity contribution in [2.75, 3.05) is 7.11 Å². The molecule has 7 heteroatoms. The van der Waals surface area contributed by atoms with E-state index in [1.165, 1.54) is 4.68 Å². The van der Waals surface area contributed by atoms with Gasteiger partial charge in [-0.2, -0.15) is 14.9 Å². The quantitative estimate of drug-likeness (QED) is 0.675. The van der Waals surface area contributed by atoms with Crippen LogP contribution in [-0.4, -0.2) is 27.8 Å². The van der Waals surface area contributed by atoms with Gasteiger partial charge >= 0.3 is 0 Å². The highest BCUT2D eigenvalue weighted by molar-refractivity contribution is 5.96. The topological polar surface area (TPSA) is 81.7 Å². The van der Waals surface area contributed by atoms with Crippen LogP contribution in [0.5, 0.6) is 5.75 Å². The minimum Gasteiger partial charge on any atom is -0.497 e. The molecule has 1 aromatic carbocycles. The molecule has 0 aliphatic carbocycles. The second-order valence-electron chi connectivity index (χ2n) is 5.37. The van der Waals surface area contributed by atoms with Gasteiger partial charge in [0.05, 0.1) is 24.2 Å². The van der Waals surface area contributed by atoms with Gasteiger partial charge in [-0.05, 0) is 50.2 Å². The molecule has 0 spiro atoms. The van der Waals surface area contributed by atoms with Crippen LogP contribution in [-0.2, 0) is 0 Å². The number of hydrogen-bond acceptors (Lipinski definition) is 6. The van der Waals surface area contributed by atoms with E-state index in [0.29, 0.717) is 28.3 Å². The highest BCUT2D eigenvalue weighted by Crippen LogP contribution is 2.26. The molecule has 0 saturated carbocycles. The first-order valence-electron chi connectivity index (χ1n) is 7.67. The number of pyridine rings is 1. The van der Waals surface area contributed by atoms with Gasteiger partial charge in [-0.25, -0.2) is 0 Å². The Labute approximate surface area is 145 Å². The monoisotopic (exact) mass is 335 g/mol. The lowest BCUT2D eigenvalue weighted by atomic mass is 10.2. The zero-order valence-corrected chi connectivity index (χ0v) is 14.2. The van der Waals surface area contributed by atoms with Crippen LogP contribution >= 0.6 is 0 Å². The third kappa shape index (κ3) is 3.45. The number of carbonyl (C=O) groups is 1. The van der Waals surface area contributed by atoms with Gasteiger partial charge in [-0.1, -0.05) is 0 Å². The fourth-order valence-corrected chi connectivity index (χ4v) is 2.35. The predicted octanol–water partition coefficient (Wildman–Crippen LogP) is 4.01. The Morgan fingerprint density at radius 2 is 1.72 bits per heavy atom. The summed E-state index contributed by atoms with van der Waals surface area (Å²) in [4.78, 5) is 16.5. The molecule has 2 aromatic heterocycles. The van der Waals surface area contributed by atoms with Gasteiger partial charge in [0.15, 0.2) is 0 Å². The molecule has 0 aliphatic heterocycles. The summed E-state index contributed by atoms with van der Waals surface area (Å²) in [5, 5.41) is 12.8. The summed E-state index contributed by atoms with van der Waals surface area (Å²) in [5.74, 6) is 0.524. The third-order valence-electron chi connectivity index (χ3n) is 3.71. The first kappa shape index (κ1) is 16.5. The number of azo groups is 1. The van der Waals surface area contributed by atoms with Crippen LogP contribution in [0.3, 0.4) is 0 Å². The van der Waals surface area contributed by atoms with E-state index in [9.17, 15) is 4.79 Å². The van der Waals surface area contributed by atoms with Crippen LogP contribution in [0.25, 0.3) is 0 Å². The largest absolute Gasteiger partial charge is 0.497 e. The Bertz CT molecular complexity index is 915. The van der Waals surface area contributed by atoms with E-state index in [2.05, 4.69) is 20.3 Å². The summed E-state index contributed by atoms with van der Waals surface area (Å²) in [6.45, 7) is 3.59. The minimum absolute atomic E-state index is 0.228. The van der Waals surface area contributed by atoms with Crippen molar-refractivity contribution in [3.05, 3.63) is 65.7 Å². The average Bonchev–Trinajstić information content (AvgIpc) is 2.94. The first-order chi connectivity index (χ1) is 12.1. The molecule has 3 rings (SSSR count). The maximum Gasteiger partial charge on any atom is 0.278 e. The number of carbonyl (C=O) groups excluding carboxylic acids is 1. The van der Waals surface area contributed by atoms with Crippen LogP contribution in [0.1, 0.15) is 21.7 Å². The van der Waals surface area contributed by atoms with Gasteiger partial charge in [-0.3, -0.25) is 9.78 Å². The molecule has 3 aromatic rings. The molecule has 126 valence electrons. The molecule has 0 saturated heterocycles. The maximum absolute atomic E-state index is 12.6. The van der Waals surface area contributed by atoms with Gasteiger partial charge < -0.3 is 4.74 Å². The number of nitrogens with zero attached hydrogens (tertiary/aromatic N) is 5. The van der Waals surface area contributed by atoms with Crippen LogP contribution in [0, 0.1) is 13.8 Å². The summed E-state index contributed by atoms with van der Waals surface area (Å²) in [6.07, 6.45) is 3.15. The molecule has 7 nitrogen and oxygen atoms in total.